The predicted molar refractivity (Wildman–Crippen MR) is 129 cm³/mol. The number of aryl methyl sites for hydroxylation is 1. The van der Waals surface area contributed by atoms with Gasteiger partial charge in [0.05, 0.1) is 18.7 Å². The lowest BCUT2D eigenvalue weighted by Crippen LogP contribution is -2.51. The molecule has 0 saturated carbocycles. The normalized spacial score (nSPS) is 20.4. The molecule has 9 heteroatoms. The van der Waals surface area contributed by atoms with Crippen molar-refractivity contribution >= 4 is 12.0 Å². The van der Waals surface area contributed by atoms with Gasteiger partial charge in [0, 0.05) is 45.0 Å². The van der Waals surface area contributed by atoms with Gasteiger partial charge in [0.25, 0.3) is 0 Å². The Labute approximate surface area is 204 Å². The summed E-state index contributed by atoms with van der Waals surface area (Å²) in [5.41, 5.74) is 4.17. The number of rotatable bonds is 6. The molecule has 0 bridgehead atoms. The number of nitrogens with one attached hydrogen (secondary N) is 2. The second-order valence-electron chi connectivity index (χ2n) is 9.07. The molecule has 1 saturated heterocycles. The molecule has 0 unspecified atom stereocenters. The topological polar surface area (TPSA) is 92.4 Å². The Kier molecular flexibility index (Phi) is 6.61. The number of carbonyl (C=O) groups is 2. The van der Waals surface area contributed by atoms with Gasteiger partial charge in [0.2, 0.25) is 6.79 Å². The molecule has 0 radical (unpaired) electrons. The number of fused-ring (bicyclic) bond motifs is 1. The van der Waals surface area contributed by atoms with E-state index in [1.807, 2.05) is 43.3 Å². The fraction of sp³-hybridized carbons (Fsp3) is 0.385. The van der Waals surface area contributed by atoms with Crippen LogP contribution in [0.25, 0.3) is 0 Å². The summed E-state index contributed by atoms with van der Waals surface area (Å²) in [7, 11) is 1.37. The number of ether oxygens (including phenoxy) is 3. The van der Waals surface area contributed by atoms with Crippen LogP contribution in [0.4, 0.5) is 4.79 Å². The van der Waals surface area contributed by atoms with Crippen molar-refractivity contribution in [2.75, 3.05) is 46.6 Å². The van der Waals surface area contributed by atoms with Gasteiger partial charge in [-0.1, -0.05) is 35.9 Å². The van der Waals surface area contributed by atoms with Gasteiger partial charge in [0.15, 0.2) is 11.5 Å². The van der Waals surface area contributed by atoms with Crippen molar-refractivity contribution in [1.29, 1.82) is 0 Å². The summed E-state index contributed by atoms with van der Waals surface area (Å²) in [5, 5.41) is 5.74. The fourth-order valence-corrected chi connectivity index (χ4v) is 4.73. The van der Waals surface area contributed by atoms with E-state index < -0.39 is 12.0 Å². The third-order valence-electron chi connectivity index (χ3n) is 6.66. The number of carbonyl (C=O) groups excluding carboxylic acids is 2. The Bertz CT molecular complexity index is 1140. The number of amides is 2. The summed E-state index contributed by atoms with van der Waals surface area (Å²) in [5.74, 6) is 1.15. The molecule has 184 valence electrons. The van der Waals surface area contributed by atoms with Gasteiger partial charge < -0.3 is 24.8 Å². The molecule has 3 aliphatic rings. The van der Waals surface area contributed by atoms with Crippen molar-refractivity contribution in [3.63, 3.8) is 0 Å². The highest BCUT2D eigenvalue weighted by Crippen LogP contribution is 2.33. The first-order valence-corrected chi connectivity index (χ1v) is 11.8. The molecule has 35 heavy (non-hydrogen) atoms. The van der Waals surface area contributed by atoms with E-state index in [1.165, 1.54) is 12.7 Å². The summed E-state index contributed by atoms with van der Waals surface area (Å²) < 4.78 is 16.0. The molecule has 1 atom stereocenters. The van der Waals surface area contributed by atoms with Gasteiger partial charge in [-0.25, -0.2) is 9.59 Å². The average Bonchev–Trinajstić information content (AvgIpc) is 3.33. The van der Waals surface area contributed by atoms with Gasteiger partial charge in [-0.05, 0) is 30.2 Å². The Balaban J connectivity index is 1.27. The second kappa shape index (κ2) is 9.97. The highest BCUT2D eigenvalue weighted by atomic mass is 16.7. The van der Waals surface area contributed by atoms with Crippen LogP contribution in [0.1, 0.15) is 22.7 Å². The van der Waals surface area contributed by atoms with E-state index in [9.17, 15) is 9.59 Å². The predicted octanol–water partition coefficient (Wildman–Crippen LogP) is 2.32. The van der Waals surface area contributed by atoms with Crippen molar-refractivity contribution in [3.05, 3.63) is 70.4 Å². The number of hydrogen-bond acceptors (Lipinski definition) is 7. The van der Waals surface area contributed by atoms with Crippen LogP contribution in [0.15, 0.2) is 53.7 Å². The van der Waals surface area contributed by atoms with Crippen molar-refractivity contribution < 1.29 is 23.8 Å². The van der Waals surface area contributed by atoms with E-state index in [-0.39, 0.29) is 12.8 Å². The van der Waals surface area contributed by atoms with Crippen LogP contribution in [0.2, 0.25) is 0 Å². The van der Waals surface area contributed by atoms with Gasteiger partial charge in [-0.2, -0.15) is 0 Å². The molecule has 0 aliphatic carbocycles. The highest BCUT2D eigenvalue weighted by molar-refractivity contribution is 5.95. The number of urea groups is 1. The Hall–Kier alpha value is -3.56. The molecule has 9 nitrogen and oxygen atoms in total. The first kappa shape index (κ1) is 23.2. The lowest BCUT2D eigenvalue weighted by atomic mass is 9.94. The van der Waals surface area contributed by atoms with Crippen molar-refractivity contribution in [2.45, 2.75) is 19.5 Å². The number of piperazine rings is 1. The number of hydrogen-bond donors (Lipinski definition) is 2. The van der Waals surface area contributed by atoms with Gasteiger partial charge in [-0.3, -0.25) is 9.80 Å². The van der Waals surface area contributed by atoms with E-state index in [4.69, 9.17) is 14.2 Å². The Morgan fingerprint density at radius 1 is 1.00 bits per heavy atom. The van der Waals surface area contributed by atoms with E-state index in [0.717, 1.165) is 55.3 Å². The van der Waals surface area contributed by atoms with E-state index in [1.54, 1.807) is 0 Å². The zero-order chi connectivity index (χ0) is 24.4. The van der Waals surface area contributed by atoms with Gasteiger partial charge in [0.1, 0.15) is 0 Å². The van der Waals surface area contributed by atoms with Crippen molar-refractivity contribution in [3.8, 4) is 11.5 Å². The summed E-state index contributed by atoms with van der Waals surface area (Å²) in [6.45, 7) is 6.97. The van der Waals surface area contributed by atoms with Crippen LogP contribution in [0, 0.1) is 6.92 Å². The minimum Gasteiger partial charge on any atom is -0.466 e. The lowest BCUT2D eigenvalue weighted by Gasteiger charge is -2.37. The molecule has 5 rings (SSSR count). The van der Waals surface area contributed by atoms with Crippen molar-refractivity contribution in [2.24, 2.45) is 0 Å². The van der Waals surface area contributed by atoms with Gasteiger partial charge in [-0.15, -0.1) is 0 Å². The first-order valence-electron chi connectivity index (χ1n) is 11.8. The summed E-state index contributed by atoms with van der Waals surface area (Å²) in [4.78, 5) is 29.9. The number of nitrogens with zero attached hydrogens (tertiary/aromatic N) is 2. The van der Waals surface area contributed by atoms with Crippen molar-refractivity contribution in [1.82, 2.24) is 20.4 Å². The third-order valence-corrected chi connectivity index (χ3v) is 6.66. The number of esters is 1. The minimum absolute atomic E-state index is 0.275. The maximum absolute atomic E-state index is 12.8. The summed E-state index contributed by atoms with van der Waals surface area (Å²) >= 11 is 0. The van der Waals surface area contributed by atoms with Crippen LogP contribution < -0.4 is 20.1 Å². The van der Waals surface area contributed by atoms with Crippen LogP contribution in [0.5, 0.6) is 11.5 Å². The summed E-state index contributed by atoms with van der Waals surface area (Å²) in [6, 6.07) is 13.0. The zero-order valence-electron chi connectivity index (χ0n) is 20.0. The average molecular weight is 479 g/mol. The van der Waals surface area contributed by atoms with E-state index >= 15 is 0 Å². The molecular formula is C26H30N4O5. The quantitative estimate of drug-likeness (QED) is 0.616. The Morgan fingerprint density at radius 2 is 1.69 bits per heavy atom. The summed E-state index contributed by atoms with van der Waals surface area (Å²) in [6.07, 6.45) is 0. The second-order valence-corrected chi connectivity index (χ2v) is 9.07. The van der Waals surface area contributed by atoms with Crippen LogP contribution in [-0.2, 0) is 16.1 Å². The maximum Gasteiger partial charge on any atom is 0.338 e. The third kappa shape index (κ3) is 5.11. The molecule has 1 fully saturated rings. The molecule has 3 heterocycles. The maximum atomic E-state index is 12.8. The molecule has 2 amide bonds. The first-order chi connectivity index (χ1) is 17.0. The van der Waals surface area contributed by atoms with E-state index in [0.29, 0.717) is 17.8 Å². The largest absolute Gasteiger partial charge is 0.466 e. The number of methoxy groups -OCH3 is 1. The SMILES string of the molecule is COC(=O)C1=C(CN2CCN(Cc3ccc4c(c3)OCO4)CC2)NC(=O)N[C@H]1c1ccc(C)cc1. The number of benzene rings is 2. The molecule has 2 aromatic carbocycles. The molecule has 3 aliphatic heterocycles. The van der Waals surface area contributed by atoms with Crippen LogP contribution in [0.3, 0.4) is 0 Å². The molecule has 0 spiro atoms. The molecule has 2 N–H and O–H groups in total. The standard InChI is InChI=1S/C26H30N4O5/c1-17-3-6-19(7-4-17)24-23(25(31)33-2)20(27-26(32)28-24)15-30-11-9-29(10-12-30)14-18-5-8-21-22(13-18)35-16-34-21/h3-8,13,24H,9-12,14-16H2,1-2H3,(H2,27,28,32)/t24-/m0/s1. The molecule has 0 aromatic heterocycles. The highest BCUT2D eigenvalue weighted by Gasteiger charge is 2.34. The van der Waals surface area contributed by atoms with Crippen LogP contribution in [-0.4, -0.2) is 68.4 Å². The fourth-order valence-electron chi connectivity index (χ4n) is 4.73. The monoisotopic (exact) mass is 478 g/mol. The van der Waals surface area contributed by atoms with E-state index in [2.05, 4.69) is 26.5 Å². The minimum atomic E-state index is -0.556. The zero-order valence-corrected chi connectivity index (χ0v) is 20.0. The van der Waals surface area contributed by atoms with Crippen LogP contribution >= 0.6 is 0 Å². The molecular weight excluding hydrogens is 448 g/mol. The molecule has 2 aromatic rings. The Morgan fingerprint density at radius 3 is 2.40 bits per heavy atom. The van der Waals surface area contributed by atoms with Gasteiger partial charge >= 0.3 is 12.0 Å². The smallest absolute Gasteiger partial charge is 0.338 e. The lowest BCUT2D eigenvalue weighted by molar-refractivity contribution is -0.136.